The van der Waals surface area contributed by atoms with Crippen LogP contribution in [-0.2, 0) is 9.59 Å². The average molecular weight is 274 g/mol. The third-order valence-electron chi connectivity index (χ3n) is 2.15. The number of ether oxygens (including phenoxy) is 1. The Labute approximate surface area is 103 Å². The van der Waals surface area contributed by atoms with Crippen LogP contribution in [-0.4, -0.2) is 24.2 Å². The molecule has 0 unspecified atom stereocenters. The minimum atomic E-state index is -4.99. The lowest BCUT2D eigenvalue weighted by Gasteiger charge is -2.17. The lowest BCUT2D eigenvalue weighted by Crippen LogP contribution is -2.32. The summed E-state index contributed by atoms with van der Waals surface area (Å²) in [5.41, 5.74) is -0.465. The van der Waals surface area contributed by atoms with Crippen molar-refractivity contribution in [2.75, 3.05) is 4.90 Å². The second kappa shape index (κ2) is 4.26. The Morgan fingerprint density at radius 2 is 1.74 bits per heavy atom. The molecule has 4 amide bonds. The molecule has 0 saturated carbocycles. The summed E-state index contributed by atoms with van der Waals surface area (Å²) in [7, 11) is 0. The molecule has 9 heteroatoms. The summed E-state index contributed by atoms with van der Waals surface area (Å²) in [6.45, 7) is 0. The molecule has 1 aliphatic rings. The number of hydrogen-bond donors (Lipinski definition) is 1. The Balaban J connectivity index is 2.43. The zero-order chi connectivity index (χ0) is 14.2. The quantitative estimate of drug-likeness (QED) is 0.648. The maximum Gasteiger partial charge on any atom is 0.573 e. The van der Waals surface area contributed by atoms with Crippen molar-refractivity contribution in [3.05, 3.63) is 24.3 Å². The van der Waals surface area contributed by atoms with Gasteiger partial charge in [0.15, 0.2) is 5.75 Å². The number of carbonyl (C=O) groups excluding carboxylic acids is 3. The minimum Gasteiger partial charge on any atom is -0.404 e. The van der Waals surface area contributed by atoms with E-state index < -0.39 is 35.6 Å². The van der Waals surface area contributed by atoms with Crippen LogP contribution in [0, 0.1) is 0 Å². The lowest BCUT2D eigenvalue weighted by molar-refractivity contribution is -0.274. The van der Waals surface area contributed by atoms with E-state index >= 15 is 0 Å². The molecule has 1 fully saturated rings. The highest BCUT2D eigenvalue weighted by atomic mass is 19.4. The fourth-order valence-electron chi connectivity index (χ4n) is 1.47. The monoisotopic (exact) mass is 274 g/mol. The van der Waals surface area contributed by atoms with E-state index in [0.29, 0.717) is 0 Å². The summed E-state index contributed by atoms with van der Waals surface area (Å²) in [5.74, 6) is -3.25. The van der Waals surface area contributed by atoms with Crippen molar-refractivity contribution >= 4 is 23.5 Å². The van der Waals surface area contributed by atoms with Gasteiger partial charge in [-0.25, -0.2) is 9.69 Å². The van der Waals surface area contributed by atoms with Gasteiger partial charge in [-0.3, -0.25) is 14.9 Å². The van der Waals surface area contributed by atoms with Crippen molar-refractivity contribution in [2.24, 2.45) is 0 Å². The van der Waals surface area contributed by atoms with E-state index in [-0.39, 0.29) is 4.90 Å². The molecule has 2 rings (SSSR count). The van der Waals surface area contributed by atoms with Crippen LogP contribution in [0.1, 0.15) is 0 Å². The Morgan fingerprint density at radius 3 is 2.26 bits per heavy atom. The van der Waals surface area contributed by atoms with Crippen LogP contribution >= 0.6 is 0 Å². The molecule has 0 spiro atoms. The van der Waals surface area contributed by atoms with Gasteiger partial charge in [0.25, 0.3) is 0 Å². The number of hydrogen-bond acceptors (Lipinski definition) is 4. The second-order valence-electron chi connectivity index (χ2n) is 3.42. The minimum absolute atomic E-state index is 0.281. The molecule has 100 valence electrons. The van der Waals surface area contributed by atoms with Crippen LogP contribution in [0.3, 0.4) is 0 Å². The Bertz CT molecular complexity index is 570. The van der Waals surface area contributed by atoms with Gasteiger partial charge in [-0.2, -0.15) is 0 Å². The van der Waals surface area contributed by atoms with Gasteiger partial charge in [-0.15, -0.1) is 13.2 Å². The van der Waals surface area contributed by atoms with Gasteiger partial charge in [-0.1, -0.05) is 12.1 Å². The van der Waals surface area contributed by atoms with Crippen LogP contribution in [0.15, 0.2) is 24.3 Å². The van der Waals surface area contributed by atoms with Crippen molar-refractivity contribution in [1.29, 1.82) is 0 Å². The molecule has 1 saturated heterocycles. The Morgan fingerprint density at radius 1 is 1.11 bits per heavy atom. The third-order valence-corrected chi connectivity index (χ3v) is 2.15. The van der Waals surface area contributed by atoms with E-state index in [4.69, 9.17) is 0 Å². The molecule has 0 radical (unpaired) electrons. The van der Waals surface area contributed by atoms with Gasteiger partial charge in [0.05, 0.1) is 5.69 Å². The average Bonchev–Trinajstić information content (AvgIpc) is 2.52. The second-order valence-corrected chi connectivity index (χ2v) is 3.42. The molecule has 0 aliphatic carbocycles. The first-order valence-electron chi connectivity index (χ1n) is 4.84. The van der Waals surface area contributed by atoms with Crippen LogP contribution in [0.4, 0.5) is 23.7 Å². The number of nitrogens with one attached hydrogen (secondary N) is 1. The number of para-hydroxylation sites is 2. The van der Waals surface area contributed by atoms with Crippen LogP contribution in [0.5, 0.6) is 5.75 Å². The number of halogens is 3. The smallest absolute Gasteiger partial charge is 0.404 e. The van der Waals surface area contributed by atoms with Crippen molar-refractivity contribution in [1.82, 2.24) is 5.32 Å². The topological polar surface area (TPSA) is 75.7 Å². The van der Waals surface area contributed by atoms with E-state index in [1.54, 1.807) is 5.32 Å². The first-order valence-corrected chi connectivity index (χ1v) is 4.84. The fourth-order valence-corrected chi connectivity index (χ4v) is 1.47. The number of urea groups is 1. The highest BCUT2D eigenvalue weighted by Crippen LogP contribution is 2.33. The fraction of sp³-hybridized carbons (Fsp3) is 0.100. The van der Waals surface area contributed by atoms with E-state index in [9.17, 15) is 27.6 Å². The normalized spacial score (nSPS) is 15.7. The standard InChI is InChI=1S/C10H5F3N2O4/c11-10(12,13)19-6-4-2-1-3-5(6)15-8(17)7(16)14-9(15)18/h1-4H,(H,14,16,18). The summed E-state index contributed by atoms with van der Waals surface area (Å²) in [4.78, 5) is 34.0. The van der Waals surface area contributed by atoms with E-state index in [2.05, 4.69) is 4.74 Å². The number of nitrogens with zero attached hydrogens (tertiary/aromatic N) is 1. The molecule has 1 heterocycles. The molecule has 0 atom stereocenters. The van der Waals surface area contributed by atoms with Crippen molar-refractivity contribution in [3.8, 4) is 5.75 Å². The highest BCUT2D eigenvalue weighted by Gasteiger charge is 2.41. The predicted octanol–water partition coefficient (Wildman–Crippen LogP) is 1.17. The molecule has 1 N–H and O–H groups in total. The molecular weight excluding hydrogens is 269 g/mol. The molecule has 1 aliphatic heterocycles. The number of amides is 4. The maximum absolute atomic E-state index is 12.2. The summed E-state index contributed by atoms with van der Waals surface area (Å²) in [5, 5.41) is 1.67. The first-order chi connectivity index (χ1) is 8.79. The van der Waals surface area contributed by atoms with Crippen molar-refractivity contribution in [3.63, 3.8) is 0 Å². The van der Waals surface area contributed by atoms with Gasteiger partial charge < -0.3 is 4.74 Å². The van der Waals surface area contributed by atoms with Crippen LogP contribution < -0.4 is 15.0 Å². The first kappa shape index (κ1) is 12.9. The number of rotatable bonds is 2. The lowest BCUT2D eigenvalue weighted by atomic mass is 10.2. The molecule has 1 aromatic rings. The molecular formula is C10H5F3N2O4. The zero-order valence-corrected chi connectivity index (χ0v) is 9.02. The largest absolute Gasteiger partial charge is 0.573 e. The van der Waals surface area contributed by atoms with Crippen molar-refractivity contribution in [2.45, 2.75) is 6.36 Å². The Hall–Kier alpha value is -2.58. The number of alkyl halides is 3. The number of benzene rings is 1. The molecule has 6 nitrogen and oxygen atoms in total. The summed E-state index contributed by atoms with van der Waals surface area (Å²) >= 11 is 0. The van der Waals surface area contributed by atoms with Gasteiger partial charge >= 0.3 is 24.2 Å². The van der Waals surface area contributed by atoms with Crippen LogP contribution in [0.2, 0.25) is 0 Å². The number of anilines is 1. The SMILES string of the molecule is O=C1NC(=O)N(c2ccccc2OC(F)(F)F)C1=O. The molecule has 19 heavy (non-hydrogen) atoms. The maximum atomic E-state index is 12.2. The van der Waals surface area contributed by atoms with Gasteiger partial charge in [-0.05, 0) is 12.1 Å². The van der Waals surface area contributed by atoms with Crippen LogP contribution in [0.25, 0.3) is 0 Å². The summed E-state index contributed by atoms with van der Waals surface area (Å²) in [6.07, 6.45) is -4.99. The van der Waals surface area contributed by atoms with Crippen molar-refractivity contribution < 1.29 is 32.3 Å². The number of carbonyl (C=O) groups is 3. The van der Waals surface area contributed by atoms with Gasteiger partial charge in [0.2, 0.25) is 0 Å². The van der Waals surface area contributed by atoms with Gasteiger partial charge in [0, 0.05) is 0 Å². The number of imide groups is 2. The third kappa shape index (κ3) is 2.49. The molecule has 1 aromatic carbocycles. The predicted molar refractivity (Wildman–Crippen MR) is 54.1 cm³/mol. The van der Waals surface area contributed by atoms with E-state index in [1.165, 1.54) is 12.1 Å². The van der Waals surface area contributed by atoms with E-state index in [1.807, 2.05) is 0 Å². The van der Waals surface area contributed by atoms with E-state index in [0.717, 1.165) is 12.1 Å². The van der Waals surface area contributed by atoms with Gasteiger partial charge in [0.1, 0.15) is 0 Å². The zero-order valence-electron chi connectivity index (χ0n) is 9.02. The molecule has 0 bridgehead atoms. The summed E-state index contributed by atoms with van der Waals surface area (Å²) < 4.78 is 40.3. The molecule has 0 aromatic heterocycles. The summed E-state index contributed by atoms with van der Waals surface area (Å²) in [6, 6.07) is 3.36. The Kier molecular flexibility index (Phi) is 2.89. The highest BCUT2D eigenvalue weighted by molar-refractivity contribution is 6.53.